The Morgan fingerprint density at radius 3 is 2.45 bits per heavy atom. The van der Waals surface area contributed by atoms with Crippen LogP contribution in [0.4, 0.5) is 0 Å². The van der Waals surface area contributed by atoms with Crippen LogP contribution in [0.15, 0.2) is 0 Å². The van der Waals surface area contributed by atoms with Crippen LogP contribution < -0.4 is 5.32 Å². The average Bonchev–Trinajstić information content (AvgIpc) is 2.96. The van der Waals surface area contributed by atoms with E-state index in [1.165, 1.54) is 64.3 Å². The lowest BCUT2D eigenvalue weighted by Gasteiger charge is -2.54. The van der Waals surface area contributed by atoms with Gasteiger partial charge in [0.1, 0.15) is 0 Å². The molecule has 0 amide bonds. The van der Waals surface area contributed by atoms with E-state index in [4.69, 9.17) is 4.74 Å². The molecule has 0 aromatic rings. The van der Waals surface area contributed by atoms with Crippen molar-refractivity contribution >= 4 is 0 Å². The fraction of sp³-hybridized carbons (Fsp3) is 1.00. The minimum absolute atomic E-state index is 0.512. The Bertz CT molecular complexity index is 303. The van der Waals surface area contributed by atoms with E-state index in [0.29, 0.717) is 11.5 Å². The van der Waals surface area contributed by atoms with E-state index in [0.717, 1.165) is 24.5 Å². The minimum Gasteiger partial charge on any atom is -0.378 e. The molecule has 20 heavy (non-hydrogen) atoms. The zero-order valence-electron chi connectivity index (χ0n) is 13.5. The second-order valence-corrected chi connectivity index (χ2v) is 7.71. The van der Waals surface area contributed by atoms with Gasteiger partial charge in [0, 0.05) is 18.1 Å². The number of hydrogen-bond donors (Lipinski definition) is 1. The van der Waals surface area contributed by atoms with Crippen LogP contribution in [-0.4, -0.2) is 25.3 Å². The Hall–Kier alpha value is -0.0800. The van der Waals surface area contributed by atoms with E-state index in [1.807, 2.05) is 0 Å². The van der Waals surface area contributed by atoms with Crippen LogP contribution in [0.2, 0.25) is 0 Å². The largest absolute Gasteiger partial charge is 0.378 e. The predicted molar refractivity (Wildman–Crippen MR) is 83.8 cm³/mol. The first-order valence-corrected chi connectivity index (χ1v) is 9.09. The maximum Gasteiger partial charge on any atom is 0.0661 e. The van der Waals surface area contributed by atoms with Crippen molar-refractivity contribution in [1.29, 1.82) is 0 Å². The topological polar surface area (TPSA) is 21.3 Å². The van der Waals surface area contributed by atoms with Crippen LogP contribution in [-0.2, 0) is 4.74 Å². The van der Waals surface area contributed by atoms with E-state index in [9.17, 15) is 0 Å². The lowest BCUT2D eigenvalue weighted by molar-refractivity contribution is -0.131. The molecule has 3 rings (SSSR count). The summed E-state index contributed by atoms with van der Waals surface area (Å²) in [5, 5.41) is 3.94. The van der Waals surface area contributed by atoms with Crippen LogP contribution in [0.25, 0.3) is 0 Å². The summed E-state index contributed by atoms with van der Waals surface area (Å²) in [6, 6.07) is 0.751. The average molecular weight is 279 g/mol. The lowest BCUT2D eigenvalue weighted by atomic mass is 9.60. The number of nitrogens with one attached hydrogen (secondary N) is 1. The van der Waals surface area contributed by atoms with E-state index < -0.39 is 0 Å². The summed E-state index contributed by atoms with van der Waals surface area (Å²) in [5.74, 6) is 1.91. The monoisotopic (exact) mass is 279 g/mol. The van der Waals surface area contributed by atoms with Gasteiger partial charge in [-0.1, -0.05) is 32.6 Å². The summed E-state index contributed by atoms with van der Waals surface area (Å²) in [7, 11) is 0. The molecule has 0 aliphatic heterocycles. The van der Waals surface area contributed by atoms with Gasteiger partial charge in [-0.15, -0.1) is 0 Å². The lowest BCUT2D eigenvalue weighted by Crippen LogP contribution is -2.63. The Kier molecular flexibility index (Phi) is 4.72. The molecule has 3 saturated carbocycles. The van der Waals surface area contributed by atoms with Gasteiger partial charge >= 0.3 is 0 Å². The van der Waals surface area contributed by atoms with Gasteiger partial charge in [0.2, 0.25) is 0 Å². The third-order valence-electron chi connectivity index (χ3n) is 6.48. The highest BCUT2D eigenvalue weighted by Crippen LogP contribution is 2.54. The summed E-state index contributed by atoms with van der Waals surface area (Å²) in [6.45, 7) is 6.71. The Balaban J connectivity index is 1.48. The zero-order chi connectivity index (χ0) is 14.0. The summed E-state index contributed by atoms with van der Waals surface area (Å²) in [5.41, 5.74) is 0.512. The van der Waals surface area contributed by atoms with Gasteiger partial charge in [0.25, 0.3) is 0 Å². The van der Waals surface area contributed by atoms with Crippen molar-refractivity contribution in [2.45, 2.75) is 83.8 Å². The third-order valence-corrected chi connectivity index (χ3v) is 6.48. The zero-order valence-corrected chi connectivity index (χ0v) is 13.5. The van der Waals surface area contributed by atoms with Crippen molar-refractivity contribution < 1.29 is 4.74 Å². The van der Waals surface area contributed by atoms with Gasteiger partial charge in [-0.05, 0) is 57.4 Å². The molecule has 0 aromatic carbocycles. The first-order chi connectivity index (χ1) is 9.74. The molecule has 0 heterocycles. The molecule has 0 aromatic heterocycles. The molecule has 1 N–H and O–H groups in total. The van der Waals surface area contributed by atoms with Crippen molar-refractivity contribution in [2.75, 3.05) is 13.2 Å². The molecule has 3 fully saturated rings. The molecule has 1 spiro atoms. The molecular weight excluding hydrogens is 246 g/mol. The normalized spacial score (nSPS) is 39.9. The summed E-state index contributed by atoms with van der Waals surface area (Å²) in [6.07, 6.45) is 13.2. The van der Waals surface area contributed by atoms with Crippen molar-refractivity contribution in [3.8, 4) is 0 Å². The summed E-state index contributed by atoms with van der Waals surface area (Å²) < 4.78 is 6.01. The van der Waals surface area contributed by atoms with Gasteiger partial charge < -0.3 is 10.1 Å². The van der Waals surface area contributed by atoms with Crippen LogP contribution in [0.3, 0.4) is 0 Å². The number of ether oxygens (including phenoxy) is 1. The molecule has 2 atom stereocenters. The van der Waals surface area contributed by atoms with Crippen molar-refractivity contribution in [2.24, 2.45) is 17.3 Å². The molecule has 2 heteroatoms. The molecule has 2 unspecified atom stereocenters. The third kappa shape index (κ3) is 2.78. The highest BCUT2D eigenvalue weighted by atomic mass is 16.5. The van der Waals surface area contributed by atoms with Gasteiger partial charge in [0.05, 0.1) is 6.10 Å². The molecule has 0 saturated heterocycles. The Morgan fingerprint density at radius 2 is 1.80 bits per heavy atom. The van der Waals surface area contributed by atoms with Crippen LogP contribution in [0.1, 0.15) is 71.6 Å². The maximum atomic E-state index is 6.01. The second-order valence-electron chi connectivity index (χ2n) is 7.71. The van der Waals surface area contributed by atoms with E-state index in [2.05, 4.69) is 19.2 Å². The number of hydrogen-bond acceptors (Lipinski definition) is 2. The number of rotatable bonds is 5. The summed E-state index contributed by atoms with van der Waals surface area (Å²) in [4.78, 5) is 0. The first-order valence-electron chi connectivity index (χ1n) is 9.09. The van der Waals surface area contributed by atoms with Gasteiger partial charge in [-0.25, -0.2) is 0 Å². The fourth-order valence-corrected chi connectivity index (χ4v) is 5.02. The second kappa shape index (κ2) is 6.36. The molecule has 2 nitrogen and oxygen atoms in total. The van der Waals surface area contributed by atoms with Crippen LogP contribution >= 0.6 is 0 Å². The van der Waals surface area contributed by atoms with E-state index in [1.54, 1.807) is 0 Å². The minimum atomic E-state index is 0.512. The van der Waals surface area contributed by atoms with Gasteiger partial charge in [-0.3, -0.25) is 0 Å². The molecule has 3 aliphatic rings. The molecule has 0 radical (unpaired) electrons. The van der Waals surface area contributed by atoms with Crippen molar-refractivity contribution in [3.05, 3.63) is 0 Å². The summed E-state index contributed by atoms with van der Waals surface area (Å²) >= 11 is 0. The maximum absolute atomic E-state index is 6.01. The predicted octanol–water partition coefficient (Wildman–Crippen LogP) is 4.14. The standard InChI is InChI=1S/C18H33NO/c1-3-20-17-12-16(18(17)10-4-5-11-18)19-13-15-8-6-14(2)7-9-15/h14-17,19H,3-13H2,1-2H3. The highest BCUT2D eigenvalue weighted by Gasteiger charge is 2.56. The molecule has 3 aliphatic carbocycles. The highest BCUT2D eigenvalue weighted by molar-refractivity contribution is 5.10. The smallest absolute Gasteiger partial charge is 0.0661 e. The van der Waals surface area contributed by atoms with E-state index in [-0.39, 0.29) is 0 Å². The Labute approximate surface area is 125 Å². The molecular formula is C18H33NO. The SMILES string of the molecule is CCOC1CC(NCC2CCC(C)CC2)C12CCCC2. The first kappa shape index (κ1) is 14.8. The quantitative estimate of drug-likeness (QED) is 0.816. The van der Waals surface area contributed by atoms with Gasteiger partial charge in [-0.2, -0.15) is 0 Å². The molecule has 0 bridgehead atoms. The van der Waals surface area contributed by atoms with E-state index >= 15 is 0 Å². The van der Waals surface area contributed by atoms with Crippen molar-refractivity contribution in [1.82, 2.24) is 5.32 Å². The van der Waals surface area contributed by atoms with Gasteiger partial charge in [0.15, 0.2) is 0 Å². The Morgan fingerprint density at radius 1 is 1.10 bits per heavy atom. The fourth-order valence-electron chi connectivity index (χ4n) is 5.02. The van der Waals surface area contributed by atoms with Crippen LogP contribution in [0, 0.1) is 17.3 Å². The van der Waals surface area contributed by atoms with Crippen LogP contribution in [0.5, 0.6) is 0 Å². The van der Waals surface area contributed by atoms with Crippen molar-refractivity contribution in [3.63, 3.8) is 0 Å². The molecule has 116 valence electrons.